The summed E-state index contributed by atoms with van der Waals surface area (Å²) in [4.78, 5) is 0. The lowest BCUT2D eigenvalue weighted by molar-refractivity contribution is -0.00163. The first-order valence-electron chi connectivity index (χ1n) is 6.83. The minimum absolute atomic E-state index is 0.904. The highest BCUT2D eigenvalue weighted by Gasteiger charge is 2.68. The van der Waals surface area contributed by atoms with Crippen LogP contribution >= 0.6 is 0 Å². The van der Waals surface area contributed by atoms with Crippen LogP contribution in [0.15, 0.2) is 12.2 Å². The molecule has 4 unspecified atom stereocenters. The van der Waals surface area contributed by atoms with Crippen molar-refractivity contribution in [2.24, 2.45) is 35.0 Å². The van der Waals surface area contributed by atoms with Gasteiger partial charge in [-0.05, 0) is 80.5 Å². The van der Waals surface area contributed by atoms with Crippen molar-refractivity contribution in [2.75, 3.05) is 0 Å². The number of hydrogen-bond acceptors (Lipinski definition) is 0. The summed E-state index contributed by atoms with van der Waals surface area (Å²) in [5.41, 5.74) is 2.33. The zero-order valence-corrected chi connectivity index (χ0v) is 9.84. The monoisotopic (exact) mass is 202 g/mol. The van der Waals surface area contributed by atoms with Crippen LogP contribution in [0.4, 0.5) is 0 Å². The molecule has 0 aliphatic heterocycles. The summed E-state index contributed by atoms with van der Waals surface area (Å²) >= 11 is 0. The summed E-state index contributed by atoms with van der Waals surface area (Å²) in [6.07, 6.45) is 9.33. The molecule has 0 aromatic heterocycles. The fraction of sp³-hybridized carbons (Fsp3) is 0.867. The van der Waals surface area contributed by atoms with Crippen LogP contribution in [0.5, 0.6) is 0 Å². The highest BCUT2D eigenvalue weighted by atomic mass is 14.7. The number of allylic oxidation sites excluding steroid dienone is 1. The van der Waals surface area contributed by atoms with E-state index < -0.39 is 0 Å². The minimum atomic E-state index is 0.904. The fourth-order valence-corrected chi connectivity index (χ4v) is 6.04. The Morgan fingerprint density at radius 2 is 1.73 bits per heavy atom. The van der Waals surface area contributed by atoms with E-state index in [0.717, 1.165) is 35.0 Å². The van der Waals surface area contributed by atoms with Crippen molar-refractivity contribution in [2.45, 2.75) is 45.4 Å². The van der Waals surface area contributed by atoms with Gasteiger partial charge in [-0.2, -0.15) is 0 Å². The molecule has 4 fully saturated rings. The predicted molar refractivity (Wildman–Crippen MR) is 62.4 cm³/mol. The van der Waals surface area contributed by atoms with Crippen LogP contribution in [0.25, 0.3) is 0 Å². The molecule has 3 bridgehead atoms. The van der Waals surface area contributed by atoms with E-state index in [9.17, 15) is 0 Å². The molecule has 1 spiro atoms. The van der Waals surface area contributed by atoms with Crippen molar-refractivity contribution in [3.05, 3.63) is 12.2 Å². The Labute approximate surface area is 93.1 Å². The highest BCUT2D eigenvalue weighted by Crippen LogP contribution is 2.77. The Morgan fingerprint density at radius 3 is 2.27 bits per heavy atom. The normalized spacial score (nSPS) is 59.1. The molecule has 4 aliphatic rings. The van der Waals surface area contributed by atoms with Gasteiger partial charge in [-0.25, -0.2) is 0 Å². The van der Waals surface area contributed by atoms with Crippen LogP contribution in [0.2, 0.25) is 0 Å². The molecule has 0 N–H and O–H groups in total. The summed E-state index contributed by atoms with van der Waals surface area (Å²) in [5, 5.41) is 0. The van der Waals surface area contributed by atoms with Gasteiger partial charge in [-0.15, -0.1) is 6.58 Å². The average Bonchev–Trinajstić information content (AvgIpc) is 2.55. The Bertz CT molecular complexity index is 303. The molecule has 0 nitrogen and oxygen atoms in total. The first-order valence-corrected chi connectivity index (χ1v) is 6.83. The Balaban J connectivity index is 1.67. The van der Waals surface area contributed by atoms with Gasteiger partial charge in [0.05, 0.1) is 0 Å². The highest BCUT2D eigenvalue weighted by molar-refractivity contribution is 5.18. The largest absolute Gasteiger partial charge is 0.100 e. The lowest BCUT2D eigenvalue weighted by Gasteiger charge is -2.49. The summed E-state index contributed by atoms with van der Waals surface area (Å²) < 4.78 is 0. The molecule has 0 radical (unpaired) electrons. The van der Waals surface area contributed by atoms with Crippen molar-refractivity contribution < 1.29 is 0 Å². The maximum Gasteiger partial charge on any atom is -0.0235 e. The zero-order valence-electron chi connectivity index (χ0n) is 9.84. The summed E-state index contributed by atoms with van der Waals surface area (Å²) in [6.45, 7) is 6.37. The molecule has 0 heteroatoms. The van der Waals surface area contributed by atoms with Crippen LogP contribution in [0, 0.1) is 35.0 Å². The molecule has 15 heavy (non-hydrogen) atoms. The van der Waals surface area contributed by atoms with Gasteiger partial charge in [-0.3, -0.25) is 0 Å². The van der Waals surface area contributed by atoms with Crippen molar-refractivity contribution in [3.63, 3.8) is 0 Å². The minimum Gasteiger partial charge on any atom is -0.100 e. The number of fused-ring (bicyclic) bond motifs is 2. The molecule has 4 saturated carbocycles. The second-order valence-corrected chi connectivity index (χ2v) is 7.09. The molecule has 4 aliphatic carbocycles. The van der Waals surface area contributed by atoms with E-state index in [1.165, 1.54) is 12.0 Å². The van der Waals surface area contributed by atoms with Crippen molar-refractivity contribution in [3.8, 4) is 0 Å². The molecular formula is C15H22. The van der Waals surface area contributed by atoms with Crippen molar-refractivity contribution in [1.29, 1.82) is 0 Å². The van der Waals surface area contributed by atoms with Gasteiger partial charge in [-0.1, -0.05) is 5.57 Å². The zero-order chi connectivity index (χ0) is 10.2. The second-order valence-electron chi connectivity index (χ2n) is 7.09. The van der Waals surface area contributed by atoms with Crippen molar-refractivity contribution >= 4 is 0 Å². The maximum atomic E-state index is 4.14. The van der Waals surface area contributed by atoms with Crippen LogP contribution < -0.4 is 0 Å². The number of rotatable bonds is 2. The van der Waals surface area contributed by atoms with Crippen LogP contribution in [-0.2, 0) is 0 Å². The van der Waals surface area contributed by atoms with Gasteiger partial charge >= 0.3 is 0 Å². The molecule has 0 amide bonds. The van der Waals surface area contributed by atoms with E-state index in [-0.39, 0.29) is 0 Å². The topological polar surface area (TPSA) is 0 Å². The summed E-state index contributed by atoms with van der Waals surface area (Å²) in [6, 6.07) is 0. The standard InChI is InChI=1S/C15H22/c1-9(2)3-14-10-4-12-6-13-5-11(14)8-15(12,13)7-10/h10-14H,1,3-8H2,2H3. The van der Waals surface area contributed by atoms with Gasteiger partial charge in [0.1, 0.15) is 0 Å². The second kappa shape index (κ2) is 2.52. The van der Waals surface area contributed by atoms with Gasteiger partial charge in [0, 0.05) is 0 Å². The number of hydrogen-bond donors (Lipinski definition) is 0. The van der Waals surface area contributed by atoms with Crippen LogP contribution in [0.1, 0.15) is 45.4 Å². The van der Waals surface area contributed by atoms with E-state index >= 15 is 0 Å². The quantitative estimate of drug-likeness (QED) is 0.593. The molecule has 0 aromatic rings. The van der Waals surface area contributed by atoms with Crippen LogP contribution in [0.3, 0.4) is 0 Å². The van der Waals surface area contributed by atoms with Crippen LogP contribution in [-0.4, -0.2) is 0 Å². The third-order valence-electron chi connectivity index (χ3n) is 6.45. The van der Waals surface area contributed by atoms with E-state index in [1.54, 1.807) is 32.1 Å². The average molecular weight is 202 g/mol. The maximum absolute atomic E-state index is 4.14. The molecule has 82 valence electrons. The lowest BCUT2D eigenvalue weighted by Crippen LogP contribution is -2.41. The Kier molecular flexibility index (Phi) is 1.49. The molecule has 0 aromatic carbocycles. The molecular weight excluding hydrogens is 180 g/mol. The lowest BCUT2D eigenvalue weighted by atomic mass is 9.56. The SMILES string of the molecule is C=C(C)CC1C2CC3CC4CC1CC34C2. The first-order chi connectivity index (χ1) is 7.19. The Morgan fingerprint density at radius 1 is 1.13 bits per heavy atom. The third kappa shape index (κ3) is 0.905. The summed E-state index contributed by atoms with van der Waals surface area (Å²) in [7, 11) is 0. The predicted octanol–water partition coefficient (Wildman–Crippen LogP) is 4.02. The fourth-order valence-electron chi connectivity index (χ4n) is 6.04. The van der Waals surface area contributed by atoms with Gasteiger partial charge in [0.2, 0.25) is 0 Å². The third-order valence-corrected chi connectivity index (χ3v) is 6.45. The van der Waals surface area contributed by atoms with E-state index in [2.05, 4.69) is 13.5 Å². The van der Waals surface area contributed by atoms with E-state index in [1.807, 2.05) is 0 Å². The van der Waals surface area contributed by atoms with E-state index in [0.29, 0.717) is 0 Å². The molecule has 0 heterocycles. The van der Waals surface area contributed by atoms with Gasteiger partial charge < -0.3 is 0 Å². The first kappa shape index (κ1) is 8.84. The van der Waals surface area contributed by atoms with Gasteiger partial charge in [0.15, 0.2) is 0 Å². The van der Waals surface area contributed by atoms with Gasteiger partial charge in [0.25, 0.3) is 0 Å². The smallest absolute Gasteiger partial charge is 0.0235 e. The molecule has 0 saturated heterocycles. The van der Waals surface area contributed by atoms with E-state index in [4.69, 9.17) is 0 Å². The Hall–Kier alpha value is -0.260. The summed E-state index contributed by atoms with van der Waals surface area (Å²) in [5.74, 6) is 5.54. The van der Waals surface area contributed by atoms with Crippen molar-refractivity contribution in [1.82, 2.24) is 0 Å². The molecule has 4 rings (SSSR count). The molecule has 4 atom stereocenters.